The van der Waals surface area contributed by atoms with Gasteiger partial charge in [0.05, 0.1) is 6.54 Å². The summed E-state index contributed by atoms with van der Waals surface area (Å²) in [7, 11) is 0. The number of anilines is 2. The van der Waals surface area contributed by atoms with E-state index in [9.17, 15) is 0 Å². The van der Waals surface area contributed by atoms with Crippen LogP contribution in [0.15, 0.2) is 59.6 Å². The Morgan fingerprint density at radius 1 is 1.04 bits per heavy atom. The van der Waals surface area contributed by atoms with E-state index >= 15 is 0 Å². The second-order valence-corrected chi connectivity index (χ2v) is 6.68. The van der Waals surface area contributed by atoms with Gasteiger partial charge in [-0.05, 0) is 29.8 Å². The van der Waals surface area contributed by atoms with Crippen LogP contribution in [-0.4, -0.2) is 30.6 Å². The molecule has 1 aliphatic rings. The molecule has 3 N–H and O–H groups in total. The third-order valence-electron chi connectivity index (χ3n) is 3.79. The molecule has 2 aromatic carbocycles. The van der Waals surface area contributed by atoms with Crippen LogP contribution in [0.3, 0.4) is 0 Å². The molecule has 23 heavy (non-hydrogen) atoms. The molecule has 0 amide bonds. The third-order valence-corrected chi connectivity index (χ3v) is 4.73. The van der Waals surface area contributed by atoms with E-state index in [1.807, 2.05) is 42.1 Å². The maximum Gasteiger partial charge on any atom is 0.193 e. The second kappa shape index (κ2) is 7.92. The Labute approximate surface area is 141 Å². The zero-order chi connectivity index (χ0) is 15.9. The van der Waals surface area contributed by atoms with E-state index in [-0.39, 0.29) is 0 Å². The van der Waals surface area contributed by atoms with Gasteiger partial charge in [0.15, 0.2) is 5.96 Å². The van der Waals surface area contributed by atoms with Crippen molar-refractivity contribution in [1.82, 2.24) is 0 Å². The number of para-hydroxylation sites is 1. The molecule has 120 valence electrons. The lowest BCUT2D eigenvalue weighted by atomic mass is 10.2. The van der Waals surface area contributed by atoms with Crippen LogP contribution in [0.5, 0.6) is 0 Å². The summed E-state index contributed by atoms with van der Waals surface area (Å²) in [4.78, 5) is 6.84. The first-order chi connectivity index (χ1) is 11.3. The third kappa shape index (κ3) is 4.66. The van der Waals surface area contributed by atoms with Crippen LogP contribution in [0.1, 0.15) is 5.56 Å². The van der Waals surface area contributed by atoms with Crippen LogP contribution in [-0.2, 0) is 6.54 Å². The van der Waals surface area contributed by atoms with E-state index in [1.165, 1.54) is 17.2 Å². The lowest BCUT2D eigenvalue weighted by Gasteiger charge is -2.28. The molecule has 1 aliphatic heterocycles. The number of thioether (sulfide) groups is 1. The first-order valence-corrected chi connectivity index (χ1v) is 9.00. The molecule has 0 atom stereocenters. The monoisotopic (exact) mass is 326 g/mol. The molecule has 1 fully saturated rings. The van der Waals surface area contributed by atoms with Crippen LogP contribution >= 0.6 is 11.8 Å². The molecule has 0 aromatic heterocycles. The van der Waals surface area contributed by atoms with Gasteiger partial charge in [0.2, 0.25) is 0 Å². The Hall–Kier alpha value is -2.14. The molecule has 5 heteroatoms. The van der Waals surface area contributed by atoms with E-state index in [0.29, 0.717) is 12.5 Å². The SMILES string of the molecule is NC(=NCc1ccc(N2CCSCC2)cc1)Nc1ccccc1. The van der Waals surface area contributed by atoms with Gasteiger partial charge in [-0.1, -0.05) is 30.3 Å². The number of nitrogens with one attached hydrogen (secondary N) is 1. The summed E-state index contributed by atoms with van der Waals surface area (Å²) in [5.74, 6) is 2.87. The number of rotatable bonds is 4. The average Bonchev–Trinajstić information content (AvgIpc) is 2.62. The first-order valence-electron chi connectivity index (χ1n) is 7.85. The molecule has 4 nitrogen and oxygen atoms in total. The van der Waals surface area contributed by atoms with Crippen molar-refractivity contribution >= 4 is 29.1 Å². The van der Waals surface area contributed by atoms with E-state index in [1.54, 1.807) is 0 Å². The van der Waals surface area contributed by atoms with Gasteiger partial charge in [-0.25, -0.2) is 4.99 Å². The van der Waals surface area contributed by atoms with Gasteiger partial charge in [-0.2, -0.15) is 11.8 Å². The van der Waals surface area contributed by atoms with Gasteiger partial charge in [-0.3, -0.25) is 0 Å². The van der Waals surface area contributed by atoms with E-state index in [0.717, 1.165) is 24.3 Å². The summed E-state index contributed by atoms with van der Waals surface area (Å²) >= 11 is 2.03. The van der Waals surface area contributed by atoms with Gasteiger partial charge in [0, 0.05) is 36.0 Å². The van der Waals surface area contributed by atoms with Crippen molar-refractivity contribution in [3.8, 4) is 0 Å². The number of nitrogens with zero attached hydrogens (tertiary/aromatic N) is 2. The van der Waals surface area contributed by atoms with Crippen molar-refractivity contribution in [2.75, 3.05) is 34.8 Å². The fraction of sp³-hybridized carbons (Fsp3) is 0.278. The molecule has 2 aromatic rings. The van der Waals surface area contributed by atoms with Crippen molar-refractivity contribution in [2.24, 2.45) is 10.7 Å². The quantitative estimate of drug-likeness (QED) is 0.669. The summed E-state index contributed by atoms with van der Waals surface area (Å²) in [5.41, 5.74) is 9.34. The normalized spacial score (nSPS) is 15.5. The number of aliphatic imine (C=N–C) groups is 1. The highest BCUT2D eigenvalue weighted by Gasteiger charge is 2.10. The Bertz CT molecular complexity index is 634. The van der Waals surface area contributed by atoms with E-state index < -0.39 is 0 Å². The predicted molar refractivity (Wildman–Crippen MR) is 101 cm³/mol. The standard InChI is InChI=1S/C18H22N4S/c19-18(21-16-4-2-1-3-5-16)20-14-15-6-8-17(9-7-15)22-10-12-23-13-11-22/h1-9H,10-14H2,(H3,19,20,21). The number of hydrogen-bond donors (Lipinski definition) is 2. The molecule has 0 bridgehead atoms. The van der Waals surface area contributed by atoms with Gasteiger partial charge < -0.3 is 16.0 Å². The molecule has 0 spiro atoms. The zero-order valence-electron chi connectivity index (χ0n) is 13.1. The maximum atomic E-state index is 5.93. The zero-order valence-corrected chi connectivity index (χ0v) is 13.9. The van der Waals surface area contributed by atoms with Crippen molar-refractivity contribution < 1.29 is 0 Å². The molecular formula is C18H22N4S. The minimum Gasteiger partial charge on any atom is -0.370 e. The van der Waals surface area contributed by atoms with Crippen molar-refractivity contribution in [3.63, 3.8) is 0 Å². The number of guanidine groups is 1. The van der Waals surface area contributed by atoms with Gasteiger partial charge in [-0.15, -0.1) is 0 Å². The smallest absolute Gasteiger partial charge is 0.193 e. The van der Waals surface area contributed by atoms with Crippen molar-refractivity contribution in [3.05, 3.63) is 60.2 Å². The van der Waals surface area contributed by atoms with Crippen LogP contribution in [0, 0.1) is 0 Å². The summed E-state index contributed by atoms with van der Waals surface area (Å²) in [6.45, 7) is 2.86. The second-order valence-electron chi connectivity index (χ2n) is 5.46. The van der Waals surface area contributed by atoms with Crippen molar-refractivity contribution in [1.29, 1.82) is 0 Å². The predicted octanol–water partition coefficient (Wildman–Crippen LogP) is 3.17. The summed E-state index contributed by atoms with van der Waals surface area (Å²) in [6, 6.07) is 18.5. The molecule has 3 rings (SSSR count). The van der Waals surface area contributed by atoms with E-state index in [2.05, 4.69) is 39.5 Å². The minimum atomic E-state index is 0.438. The van der Waals surface area contributed by atoms with Gasteiger partial charge in [0.1, 0.15) is 0 Å². The largest absolute Gasteiger partial charge is 0.370 e. The fourth-order valence-electron chi connectivity index (χ4n) is 2.52. The van der Waals surface area contributed by atoms with Crippen LogP contribution in [0.25, 0.3) is 0 Å². The Morgan fingerprint density at radius 2 is 1.74 bits per heavy atom. The van der Waals surface area contributed by atoms with Crippen LogP contribution < -0.4 is 16.0 Å². The molecule has 0 radical (unpaired) electrons. The van der Waals surface area contributed by atoms with E-state index in [4.69, 9.17) is 5.73 Å². The van der Waals surface area contributed by atoms with Gasteiger partial charge >= 0.3 is 0 Å². The highest BCUT2D eigenvalue weighted by molar-refractivity contribution is 7.99. The summed E-state index contributed by atoms with van der Waals surface area (Å²) in [6.07, 6.45) is 0. The number of benzene rings is 2. The van der Waals surface area contributed by atoms with Crippen LogP contribution in [0.4, 0.5) is 11.4 Å². The molecule has 1 heterocycles. The Morgan fingerprint density at radius 3 is 2.43 bits per heavy atom. The van der Waals surface area contributed by atoms with Crippen molar-refractivity contribution in [2.45, 2.75) is 6.54 Å². The average molecular weight is 326 g/mol. The topological polar surface area (TPSA) is 53.6 Å². The molecular weight excluding hydrogens is 304 g/mol. The minimum absolute atomic E-state index is 0.438. The number of nitrogens with two attached hydrogens (primary N) is 1. The Balaban J connectivity index is 1.56. The van der Waals surface area contributed by atoms with Crippen LogP contribution in [0.2, 0.25) is 0 Å². The molecule has 0 saturated carbocycles. The van der Waals surface area contributed by atoms with Gasteiger partial charge in [0.25, 0.3) is 0 Å². The Kier molecular flexibility index (Phi) is 5.42. The molecule has 0 unspecified atom stereocenters. The molecule has 0 aliphatic carbocycles. The lowest BCUT2D eigenvalue weighted by molar-refractivity contribution is 0.858. The molecule has 1 saturated heterocycles. The fourth-order valence-corrected chi connectivity index (χ4v) is 3.42. The number of hydrogen-bond acceptors (Lipinski definition) is 3. The summed E-state index contributed by atoms with van der Waals surface area (Å²) < 4.78 is 0. The first kappa shape index (κ1) is 15.7. The highest BCUT2D eigenvalue weighted by Crippen LogP contribution is 2.20. The summed E-state index contributed by atoms with van der Waals surface area (Å²) in [5, 5.41) is 3.09. The lowest BCUT2D eigenvalue weighted by Crippen LogP contribution is -2.32. The maximum absolute atomic E-state index is 5.93. The highest BCUT2D eigenvalue weighted by atomic mass is 32.2.